The Morgan fingerprint density at radius 1 is 0.512 bits per heavy atom. The van der Waals surface area contributed by atoms with Gasteiger partial charge in [-0.05, 0) is 39.5 Å². The van der Waals surface area contributed by atoms with Crippen LogP contribution in [0, 0.1) is 0 Å². The fraction of sp³-hybridized carbons (Fsp3) is 0.778. The third kappa shape index (κ3) is 87.5. The first-order valence-corrected chi connectivity index (χ1v) is 37.8. The first-order valence-electron chi connectivity index (χ1n) is 23.0. The van der Waals surface area contributed by atoms with E-state index in [0.717, 1.165) is 63.4 Å². The molecule has 0 bridgehead atoms. The molecule has 8 radical (unpaired) electrons. The molecular formula is C36H96N22O8P8Y8. The summed E-state index contributed by atoms with van der Waals surface area (Å²) in [4.78, 5) is 12.1. The molecule has 3 heterocycles. The van der Waals surface area contributed by atoms with Gasteiger partial charge in [0.25, 0.3) is 0 Å². The van der Waals surface area contributed by atoms with Gasteiger partial charge in [0.15, 0.2) is 81.5 Å². The maximum atomic E-state index is 11.3. The fourth-order valence-corrected chi connectivity index (χ4v) is 8.81. The molecule has 46 heteroatoms. The van der Waals surface area contributed by atoms with Crippen LogP contribution in [0.1, 0.15) is 39.5 Å². The second-order valence-electron chi connectivity index (χ2n) is 15.9. The van der Waals surface area contributed by atoms with Gasteiger partial charge in [0, 0.05) is 410 Å². The molecule has 3 fully saturated rings. The maximum Gasteiger partial charge on any atom is 0.202 e. The van der Waals surface area contributed by atoms with E-state index < -0.39 is 63.6 Å². The summed E-state index contributed by atoms with van der Waals surface area (Å²) in [7, 11) is -2.89. The van der Waals surface area contributed by atoms with Crippen LogP contribution in [0.2, 0.25) is 0 Å². The van der Waals surface area contributed by atoms with Gasteiger partial charge in [0.1, 0.15) is 5.84 Å². The molecule has 0 spiro atoms. The minimum Gasteiger partial charge on any atom is -0.390 e. The third-order valence-electron chi connectivity index (χ3n) is 8.05. The van der Waals surface area contributed by atoms with Crippen molar-refractivity contribution in [2.75, 3.05) is 148 Å². The minimum absolute atomic E-state index is 0. The van der Waals surface area contributed by atoms with Crippen molar-refractivity contribution >= 4 is 111 Å². The van der Waals surface area contributed by atoms with Gasteiger partial charge in [0.2, 0.25) is 11.9 Å². The molecule has 15 N–H and O–H groups in total. The molecule has 0 aliphatic carbocycles. The van der Waals surface area contributed by atoms with Gasteiger partial charge < -0.3 is 111 Å². The van der Waals surface area contributed by atoms with Gasteiger partial charge in [0.05, 0.1) is 12.2 Å². The summed E-state index contributed by atoms with van der Waals surface area (Å²) in [6.07, 6.45) is 6.05. The Morgan fingerprint density at radius 2 is 0.866 bits per heavy atom. The zero-order valence-electron chi connectivity index (χ0n) is 51.2. The molecule has 3 rings (SSSR count). The van der Waals surface area contributed by atoms with E-state index in [2.05, 4.69) is 53.2 Å². The van der Waals surface area contributed by atoms with Crippen LogP contribution in [0.15, 0.2) is 38.1 Å². The number of amidine groups is 2. The van der Waals surface area contributed by atoms with Crippen molar-refractivity contribution < 1.29 is 298 Å². The molecule has 82 heavy (non-hydrogen) atoms. The van der Waals surface area contributed by atoms with Crippen molar-refractivity contribution in [1.29, 1.82) is 0 Å². The summed E-state index contributed by atoms with van der Waals surface area (Å²) in [5, 5.41) is 2.69. The molecule has 0 aromatic rings. The van der Waals surface area contributed by atoms with E-state index in [1.807, 2.05) is 49.8 Å². The number of nitrogens with two attached hydrogens (primary N) is 7. The Hall–Kier alpha value is 5.39. The first-order chi connectivity index (χ1) is 34.1. The molecular weight excluding hydrogens is 1830 g/mol. The number of rotatable bonds is 10. The summed E-state index contributed by atoms with van der Waals surface area (Å²) in [5.74, 6) is 3.50. The predicted octanol–water partition coefficient (Wildman–Crippen LogP) is 1.84. The van der Waals surface area contributed by atoms with E-state index in [1.54, 1.807) is 59.2 Å². The monoisotopic (exact) mass is 1920 g/mol. The van der Waals surface area contributed by atoms with Crippen LogP contribution in [-0.2, 0) is 298 Å². The number of hydrogen-bond donors (Lipinski definition) is 8. The van der Waals surface area contributed by atoms with Crippen LogP contribution >= 0.6 is 63.6 Å². The number of likely N-dealkylation sites (tertiary alicyclic amines) is 2. The Kier molecular flexibility index (Phi) is 111. The van der Waals surface area contributed by atoms with E-state index in [0.29, 0.717) is 24.9 Å². The Bertz CT molecular complexity index is 1970. The molecule has 8 atom stereocenters. The molecule has 0 aromatic heterocycles. The molecule has 0 saturated carbocycles. The van der Waals surface area contributed by atoms with Crippen molar-refractivity contribution in [3.8, 4) is 0 Å². The van der Waals surface area contributed by atoms with Gasteiger partial charge in [-0.25, -0.2) is 14.3 Å². The third-order valence-corrected chi connectivity index (χ3v) is 12.6. The minimum atomic E-state index is -1.85. The Balaban J connectivity index is -0.0000000605. The van der Waals surface area contributed by atoms with Crippen molar-refractivity contribution in [1.82, 2.24) is 34.7 Å². The second-order valence-corrected chi connectivity index (χ2v) is 26.0. The van der Waals surface area contributed by atoms with Crippen LogP contribution in [0.25, 0.3) is 0 Å². The standard InChI is InChI=1S/C10H20N3OP.C6H14N3OP.C5H13N2OP.C4H13N4OP.C4H12N3OP.C3H9N2OP.C2H8N3OP.C2H7N2OP.8Y/c1-15(14)11-10(12-6-2-3-7-12)13-8-4-5-9-13;1-8-4-5-9(2)6(8)7-11(3)10;1-5(7(2)3)6-9(4)8;1-10(9)8-4(6)7-3-2-5;1-7(2)4(5)6-9(3)8;1-3(4)5-7(2)6;1-7(6)5-2(3)4;1-6(5)4-2-3;;;;;;;;/h15H,2-9H2,1H3;11H,4-5H2,1-3H3;9H,1-4H3;10H,2-3,5H2,1H3,(H3,6,7,8,9);9H,1-3H3,(H2,5,6,8);7H,1-2H3,(H2,4,5,6);7H,1H3,(H4,3,4,5,6);2,6H,1H3,(H2,3,4,5);;;;;;;;. The number of nitrogens with zero attached hydrogens (tertiary/aromatic N) is 14. The van der Waals surface area contributed by atoms with Crippen LogP contribution in [-0.4, -0.2) is 225 Å². The van der Waals surface area contributed by atoms with Crippen LogP contribution in [0.5, 0.6) is 0 Å². The second kappa shape index (κ2) is 77.1. The van der Waals surface area contributed by atoms with Gasteiger partial charge in [-0.1, -0.05) is 0 Å². The van der Waals surface area contributed by atoms with Gasteiger partial charge in [-0.15, -0.1) is 0 Å². The van der Waals surface area contributed by atoms with Crippen molar-refractivity contribution in [2.24, 2.45) is 78.2 Å². The first kappa shape index (κ1) is 118. The number of nitrogens with one attached hydrogen (secondary N) is 1. The largest absolute Gasteiger partial charge is 0.390 e. The van der Waals surface area contributed by atoms with Crippen LogP contribution in [0.3, 0.4) is 0 Å². The summed E-state index contributed by atoms with van der Waals surface area (Å²) >= 11 is 0. The zero-order chi connectivity index (χ0) is 58.7. The molecule has 0 aromatic carbocycles. The van der Waals surface area contributed by atoms with Gasteiger partial charge in [-0.3, -0.25) is 0 Å². The Labute approximate surface area is 697 Å². The van der Waals surface area contributed by atoms with Crippen molar-refractivity contribution in [3.05, 3.63) is 0 Å². The molecule has 3 aliphatic heterocycles. The normalized spacial score (nSPS) is 15.8. The zero-order valence-corrected chi connectivity index (χ0v) is 82.0. The molecule has 462 valence electrons. The van der Waals surface area contributed by atoms with E-state index in [1.165, 1.54) is 45.7 Å². The summed E-state index contributed by atoms with van der Waals surface area (Å²) < 4.78 is 113. The Morgan fingerprint density at radius 3 is 1.05 bits per heavy atom. The quantitative estimate of drug-likeness (QED) is 0.0879. The fourth-order valence-electron chi connectivity index (χ4n) is 4.95. The van der Waals surface area contributed by atoms with E-state index >= 15 is 0 Å². The SMILES string of the molecule is CC(=N[PH](C)=O)N(C)C.CC(N)=N[PH](C)=O.CN(C)C(N)=N[PH](C)=O.CN1CCN(C)C1=N[PH](C)=O.C[PH](=O)N=C(N)N.C[PH](=O)N=C(N)NCCN.C[PH](=O)N=C(N1CCCC1)N1CCCC1.C[PH](=O)N=CN.[Y].[Y].[Y].[Y].[Y].[Y].[Y].[Y]. The predicted molar refractivity (Wildman–Crippen MR) is 328 cm³/mol. The van der Waals surface area contributed by atoms with Crippen molar-refractivity contribution in [3.63, 3.8) is 0 Å². The molecule has 3 saturated heterocycles. The van der Waals surface area contributed by atoms with E-state index in [4.69, 9.17) is 40.1 Å². The smallest absolute Gasteiger partial charge is 0.202 e. The molecule has 30 nitrogen and oxygen atoms in total. The average Bonchev–Trinajstić information content (AvgIpc) is 4.04. The van der Waals surface area contributed by atoms with Crippen LogP contribution < -0.4 is 45.5 Å². The summed E-state index contributed by atoms with van der Waals surface area (Å²) in [6, 6.07) is 0. The average molecular weight is 1920 g/mol. The topological polar surface area (TPSA) is 449 Å². The van der Waals surface area contributed by atoms with Gasteiger partial charge >= 0.3 is 0 Å². The molecule has 3 aliphatic rings. The van der Waals surface area contributed by atoms with E-state index in [9.17, 15) is 36.5 Å². The molecule has 0 amide bonds. The van der Waals surface area contributed by atoms with Crippen LogP contribution in [0.4, 0.5) is 0 Å². The molecule has 8 unspecified atom stereocenters. The summed E-state index contributed by atoms with van der Waals surface area (Å²) in [5.41, 5.74) is 35.3. The van der Waals surface area contributed by atoms with Gasteiger partial charge in [-0.2, -0.15) is 23.8 Å². The maximum absolute atomic E-state index is 11.3. The van der Waals surface area contributed by atoms with Crippen molar-refractivity contribution in [2.45, 2.75) is 39.5 Å². The number of guanidine groups is 5. The number of hydrogen-bond acceptors (Lipinski definition) is 9. The summed E-state index contributed by atoms with van der Waals surface area (Å²) in [6.45, 7) is 23.4. The number of likely N-dealkylation sites (N-methyl/N-ethyl adjacent to an activating group) is 2. The van der Waals surface area contributed by atoms with E-state index in [-0.39, 0.29) is 274 Å².